The van der Waals surface area contributed by atoms with Gasteiger partial charge in [0.05, 0.1) is 5.52 Å². The van der Waals surface area contributed by atoms with E-state index in [9.17, 15) is 18.8 Å². The maximum atomic E-state index is 13.3. The number of fused-ring (bicyclic) bond motifs is 2. The van der Waals surface area contributed by atoms with E-state index in [2.05, 4.69) is 15.3 Å². The first-order chi connectivity index (χ1) is 13.0. The molecule has 134 valence electrons. The average Bonchev–Trinajstić information content (AvgIpc) is 2.65. The summed E-state index contributed by atoms with van der Waals surface area (Å²) < 4.78 is 13.3. The van der Waals surface area contributed by atoms with Crippen molar-refractivity contribution in [2.75, 3.05) is 0 Å². The van der Waals surface area contributed by atoms with Gasteiger partial charge in [0.25, 0.3) is 17.0 Å². The summed E-state index contributed by atoms with van der Waals surface area (Å²) >= 11 is 0. The lowest BCUT2D eigenvalue weighted by Crippen LogP contribution is -2.31. The fourth-order valence-electron chi connectivity index (χ4n) is 2.94. The molecule has 0 spiro atoms. The van der Waals surface area contributed by atoms with E-state index in [1.807, 2.05) is 18.2 Å². The highest BCUT2D eigenvalue weighted by atomic mass is 19.1. The van der Waals surface area contributed by atoms with Crippen LogP contribution >= 0.6 is 0 Å². The fraction of sp³-hybridized carbons (Fsp3) is 0.0500. The van der Waals surface area contributed by atoms with Crippen LogP contribution in [0.5, 0.6) is 0 Å². The molecule has 0 saturated carbocycles. The first-order valence-corrected chi connectivity index (χ1v) is 8.23. The smallest absolute Gasteiger partial charge is 0.261 e. The van der Waals surface area contributed by atoms with Crippen LogP contribution in [0.3, 0.4) is 0 Å². The molecule has 0 radical (unpaired) electrons. The highest BCUT2D eigenvalue weighted by Crippen LogP contribution is 2.13. The van der Waals surface area contributed by atoms with Gasteiger partial charge in [-0.15, -0.1) is 0 Å². The Balaban J connectivity index is 1.61. The van der Waals surface area contributed by atoms with Crippen LogP contribution in [0, 0.1) is 5.82 Å². The van der Waals surface area contributed by atoms with Crippen LogP contribution in [0.1, 0.15) is 15.9 Å². The summed E-state index contributed by atoms with van der Waals surface area (Å²) in [5, 5.41) is 3.96. The Morgan fingerprint density at radius 3 is 2.48 bits per heavy atom. The van der Waals surface area contributed by atoms with Gasteiger partial charge in [0.1, 0.15) is 11.4 Å². The summed E-state index contributed by atoms with van der Waals surface area (Å²) in [6.07, 6.45) is 0. The molecule has 0 bridgehead atoms. The third-order valence-electron chi connectivity index (χ3n) is 4.32. The summed E-state index contributed by atoms with van der Waals surface area (Å²) in [5.41, 5.74) is 0.348. The molecule has 0 atom stereocenters. The third kappa shape index (κ3) is 3.22. The van der Waals surface area contributed by atoms with Crippen LogP contribution in [0.2, 0.25) is 0 Å². The highest BCUT2D eigenvalue weighted by Gasteiger charge is 2.13. The number of rotatable bonds is 3. The van der Waals surface area contributed by atoms with Crippen molar-refractivity contribution in [2.24, 2.45) is 0 Å². The van der Waals surface area contributed by atoms with Gasteiger partial charge in [-0.05, 0) is 47.2 Å². The van der Waals surface area contributed by atoms with E-state index in [0.717, 1.165) is 5.39 Å². The summed E-state index contributed by atoms with van der Waals surface area (Å²) in [4.78, 5) is 41.9. The van der Waals surface area contributed by atoms with Crippen LogP contribution in [-0.2, 0) is 6.54 Å². The number of halogens is 1. The van der Waals surface area contributed by atoms with E-state index in [4.69, 9.17) is 0 Å². The van der Waals surface area contributed by atoms with Gasteiger partial charge >= 0.3 is 0 Å². The molecule has 2 heterocycles. The van der Waals surface area contributed by atoms with Crippen LogP contribution < -0.4 is 16.4 Å². The minimum atomic E-state index is -0.627. The predicted molar refractivity (Wildman–Crippen MR) is 100 cm³/mol. The van der Waals surface area contributed by atoms with Crippen LogP contribution in [0.25, 0.3) is 21.8 Å². The minimum Gasteiger partial charge on any atom is -0.348 e. The maximum Gasteiger partial charge on any atom is 0.261 e. The Kier molecular flexibility index (Phi) is 4.04. The number of aromatic nitrogens is 2. The minimum absolute atomic E-state index is 0.0279. The molecule has 1 amide bonds. The molecule has 3 N–H and O–H groups in total. The number of benzene rings is 2. The number of hydrogen-bond acceptors (Lipinski definition) is 3. The summed E-state index contributed by atoms with van der Waals surface area (Å²) in [7, 11) is 0. The van der Waals surface area contributed by atoms with Gasteiger partial charge in [-0.2, -0.15) is 0 Å². The van der Waals surface area contributed by atoms with Gasteiger partial charge in [0.15, 0.2) is 0 Å². The highest BCUT2D eigenvalue weighted by molar-refractivity contribution is 5.97. The molecule has 6 nitrogen and oxygen atoms in total. The van der Waals surface area contributed by atoms with Gasteiger partial charge in [0.2, 0.25) is 0 Å². The van der Waals surface area contributed by atoms with E-state index in [1.165, 1.54) is 24.3 Å². The molecule has 2 aromatic carbocycles. The third-order valence-corrected chi connectivity index (χ3v) is 4.32. The molecule has 2 aromatic heterocycles. The second kappa shape index (κ2) is 6.53. The number of hydrogen-bond donors (Lipinski definition) is 3. The summed E-state index contributed by atoms with van der Waals surface area (Å²) in [6, 6.07) is 14.3. The molecular weight excluding hydrogens is 349 g/mol. The van der Waals surface area contributed by atoms with Crippen molar-refractivity contribution in [1.82, 2.24) is 15.3 Å². The van der Waals surface area contributed by atoms with Crippen LogP contribution in [0.4, 0.5) is 4.39 Å². The van der Waals surface area contributed by atoms with Crippen LogP contribution in [0.15, 0.2) is 64.2 Å². The molecular formula is C20H14FN3O3. The Labute approximate surface area is 151 Å². The molecule has 0 fully saturated rings. The molecule has 0 aliphatic carbocycles. The number of aromatic amines is 2. The molecule has 27 heavy (non-hydrogen) atoms. The van der Waals surface area contributed by atoms with Gasteiger partial charge in [-0.1, -0.05) is 18.2 Å². The fourth-order valence-corrected chi connectivity index (χ4v) is 2.94. The molecule has 4 aromatic rings. The van der Waals surface area contributed by atoms with Gasteiger partial charge < -0.3 is 15.3 Å². The average molecular weight is 363 g/mol. The lowest BCUT2D eigenvalue weighted by atomic mass is 10.1. The number of carbonyl (C=O) groups is 1. The second-order valence-electron chi connectivity index (χ2n) is 6.14. The molecule has 0 aliphatic rings. The SMILES string of the molecule is O=C(NCc1cc2ccccc2[nH]c1=O)c1cc2ccc(F)cc2[nH]c1=O. The molecule has 7 heteroatoms. The lowest BCUT2D eigenvalue weighted by Gasteiger charge is -2.07. The quantitative estimate of drug-likeness (QED) is 0.522. The van der Waals surface area contributed by atoms with E-state index >= 15 is 0 Å². The zero-order valence-electron chi connectivity index (χ0n) is 14.0. The number of carbonyl (C=O) groups excluding carboxylic acids is 1. The topological polar surface area (TPSA) is 94.8 Å². The zero-order chi connectivity index (χ0) is 19.0. The predicted octanol–water partition coefficient (Wildman–Crippen LogP) is 2.44. The largest absolute Gasteiger partial charge is 0.348 e. The monoisotopic (exact) mass is 363 g/mol. The normalized spacial score (nSPS) is 11.0. The van der Waals surface area contributed by atoms with Gasteiger partial charge in [0, 0.05) is 17.6 Å². The van der Waals surface area contributed by atoms with Crippen molar-refractivity contribution in [3.8, 4) is 0 Å². The molecule has 0 unspecified atom stereocenters. The first-order valence-electron chi connectivity index (χ1n) is 8.23. The Morgan fingerprint density at radius 2 is 1.63 bits per heavy atom. The summed E-state index contributed by atoms with van der Waals surface area (Å²) in [6.45, 7) is -0.0279. The van der Waals surface area contributed by atoms with E-state index in [1.54, 1.807) is 12.1 Å². The lowest BCUT2D eigenvalue weighted by molar-refractivity contribution is 0.0949. The summed E-state index contributed by atoms with van der Waals surface area (Å²) in [5.74, 6) is -1.10. The Hall–Kier alpha value is -3.74. The van der Waals surface area contributed by atoms with Crippen molar-refractivity contribution < 1.29 is 9.18 Å². The number of H-pyrrole nitrogens is 2. The number of para-hydroxylation sites is 1. The van der Waals surface area contributed by atoms with E-state index < -0.39 is 17.3 Å². The van der Waals surface area contributed by atoms with E-state index in [0.29, 0.717) is 22.0 Å². The van der Waals surface area contributed by atoms with Crippen molar-refractivity contribution in [3.63, 3.8) is 0 Å². The first kappa shape index (κ1) is 16.7. The van der Waals surface area contributed by atoms with Crippen molar-refractivity contribution in [1.29, 1.82) is 0 Å². The Bertz CT molecular complexity index is 1310. The second-order valence-corrected chi connectivity index (χ2v) is 6.14. The Morgan fingerprint density at radius 1 is 0.889 bits per heavy atom. The van der Waals surface area contributed by atoms with Gasteiger partial charge in [-0.25, -0.2) is 4.39 Å². The standard InChI is InChI=1S/C20H14FN3O3/c21-14-6-5-12-8-15(20(27)24-17(12)9-14)19(26)22-10-13-7-11-3-1-2-4-16(11)23-18(13)25/h1-9H,10H2,(H,22,26)(H,23,25)(H,24,27). The number of amides is 1. The van der Waals surface area contributed by atoms with E-state index in [-0.39, 0.29) is 17.7 Å². The van der Waals surface area contributed by atoms with Crippen molar-refractivity contribution in [2.45, 2.75) is 6.54 Å². The number of pyridine rings is 2. The zero-order valence-corrected chi connectivity index (χ0v) is 14.0. The molecule has 4 rings (SSSR count). The van der Waals surface area contributed by atoms with Crippen molar-refractivity contribution >= 4 is 27.7 Å². The molecule has 0 saturated heterocycles. The number of nitrogens with one attached hydrogen (secondary N) is 3. The maximum absolute atomic E-state index is 13.3. The van der Waals surface area contributed by atoms with Gasteiger partial charge in [-0.3, -0.25) is 14.4 Å². The van der Waals surface area contributed by atoms with Crippen molar-refractivity contribution in [3.05, 3.63) is 92.2 Å². The van der Waals surface area contributed by atoms with Crippen LogP contribution in [-0.4, -0.2) is 15.9 Å². The molecule has 0 aliphatic heterocycles.